The summed E-state index contributed by atoms with van der Waals surface area (Å²) in [4.78, 5) is 4.93. The zero-order valence-electron chi connectivity index (χ0n) is 64.4. The predicted molar refractivity (Wildman–Crippen MR) is 415 cm³/mol. The number of nitrogens with zero attached hydrogens (tertiary/aromatic N) is 4. The molecule has 3 aromatic heterocycles. The summed E-state index contributed by atoms with van der Waals surface area (Å²) in [6, 6.07) is 58.4. The molecule has 0 N–H and O–H groups in total. The quantitative estimate of drug-likeness (QED) is 0.0885. The maximum atomic E-state index is 8.08. The van der Waals surface area contributed by atoms with Crippen molar-refractivity contribution in [1.29, 1.82) is 0 Å². The van der Waals surface area contributed by atoms with Crippen LogP contribution in [0.2, 0.25) is 40.3 Å². The molecular formula is C84H106N4O7PtSi4-2. The second-order valence-corrected chi connectivity index (χ2v) is 56.3. The summed E-state index contributed by atoms with van der Waals surface area (Å²) in [7, 11) is -13.3. The van der Waals surface area contributed by atoms with Gasteiger partial charge in [-0.2, -0.15) is 18.2 Å². The van der Waals surface area contributed by atoms with Gasteiger partial charge in [-0.3, -0.25) is 4.57 Å². The fourth-order valence-corrected chi connectivity index (χ4v) is 43.4. The van der Waals surface area contributed by atoms with Crippen LogP contribution in [-0.4, -0.2) is 48.4 Å². The molecule has 0 bridgehead atoms. The zero-order chi connectivity index (χ0) is 72.2. The van der Waals surface area contributed by atoms with Crippen molar-refractivity contribution in [2.75, 3.05) is 0 Å². The second kappa shape index (κ2) is 24.8. The van der Waals surface area contributed by atoms with Crippen molar-refractivity contribution in [2.45, 2.75) is 233 Å². The van der Waals surface area contributed by atoms with Crippen molar-refractivity contribution >= 4 is 67.1 Å². The van der Waals surface area contributed by atoms with Gasteiger partial charge in [0, 0.05) is 84.6 Å². The van der Waals surface area contributed by atoms with Crippen molar-refractivity contribution in [3.63, 3.8) is 0 Å². The minimum atomic E-state index is -3.37. The van der Waals surface area contributed by atoms with Gasteiger partial charge in [-0.15, -0.1) is 29.7 Å². The number of imidazole rings is 1. The molecule has 0 amide bonds. The van der Waals surface area contributed by atoms with Gasteiger partial charge in [0.15, 0.2) is 0 Å². The second-order valence-electron chi connectivity index (χ2n) is 37.0. The first-order chi connectivity index (χ1) is 45.7. The summed E-state index contributed by atoms with van der Waals surface area (Å²) in [5, 5.41) is -0.743. The van der Waals surface area contributed by atoms with E-state index < -0.39 is 34.2 Å². The van der Waals surface area contributed by atoms with Crippen LogP contribution in [0.4, 0.5) is 0 Å². The van der Waals surface area contributed by atoms with Gasteiger partial charge in [-0.05, 0) is 86.8 Å². The maximum Gasteiger partial charge on any atom is 0.402 e. The predicted octanol–water partition coefficient (Wildman–Crippen LogP) is 24.0. The minimum absolute atomic E-state index is 0. The van der Waals surface area contributed by atoms with Crippen LogP contribution in [0.3, 0.4) is 0 Å². The third-order valence-corrected chi connectivity index (χ3v) is 42.9. The Kier molecular flexibility index (Phi) is 18.5. The largest absolute Gasteiger partial charge is 0.517 e. The van der Waals surface area contributed by atoms with Crippen molar-refractivity contribution in [3.8, 4) is 73.9 Å². The average molecular weight is 1590 g/mol. The van der Waals surface area contributed by atoms with E-state index in [1.165, 1.54) is 5.56 Å². The number of para-hydroxylation sites is 4. The molecule has 11 nitrogen and oxygen atoms in total. The van der Waals surface area contributed by atoms with Gasteiger partial charge < -0.3 is 39.8 Å². The molecule has 0 radical (unpaired) electrons. The minimum Gasteiger partial charge on any atom is -0.517 e. The summed E-state index contributed by atoms with van der Waals surface area (Å²) in [6.45, 7) is 61.7. The normalized spacial score (nSPS) is 16.6. The summed E-state index contributed by atoms with van der Waals surface area (Å²) in [5.74, 6) is 4.67. The van der Waals surface area contributed by atoms with E-state index in [0.717, 1.165) is 72.3 Å². The average Bonchev–Trinajstić information content (AvgIpc) is 1.43. The number of hydrogen-bond acceptors (Lipinski definition) is 8. The number of pyridine rings is 1. The molecule has 2 aliphatic rings. The van der Waals surface area contributed by atoms with Gasteiger partial charge in [0.2, 0.25) is 0 Å². The van der Waals surface area contributed by atoms with Gasteiger partial charge in [0.1, 0.15) is 28.8 Å². The van der Waals surface area contributed by atoms with Crippen molar-refractivity contribution < 1.29 is 56.3 Å². The van der Waals surface area contributed by atoms with E-state index in [-0.39, 0.29) is 66.8 Å². The van der Waals surface area contributed by atoms with Crippen LogP contribution >= 0.6 is 0 Å². The molecule has 0 spiro atoms. The molecule has 12 rings (SSSR count). The number of fused-ring (bicyclic) bond motifs is 6. The number of ether oxygens (including phenoxy) is 1. The molecule has 100 heavy (non-hydrogen) atoms. The molecule has 2 aliphatic heterocycles. The third kappa shape index (κ3) is 12.3. The number of hydrogen-bond donors (Lipinski definition) is 0. The monoisotopic (exact) mass is 1590 g/mol. The van der Waals surface area contributed by atoms with E-state index in [4.69, 9.17) is 35.7 Å². The van der Waals surface area contributed by atoms with E-state index in [1.54, 1.807) is 0 Å². The van der Waals surface area contributed by atoms with Crippen LogP contribution in [0.5, 0.6) is 34.5 Å². The van der Waals surface area contributed by atoms with Gasteiger partial charge in [0.25, 0.3) is 6.33 Å². The van der Waals surface area contributed by atoms with E-state index >= 15 is 0 Å². The Morgan fingerprint density at radius 1 is 0.410 bits per heavy atom. The van der Waals surface area contributed by atoms with E-state index in [2.05, 4.69) is 346 Å². The fraction of sp³-hybridized carbons (Fsp3) is 0.429. The van der Waals surface area contributed by atoms with Crippen LogP contribution in [0.1, 0.15) is 193 Å². The molecule has 0 unspecified atom stereocenters. The summed E-state index contributed by atoms with van der Waals surface area (Å²) in [6.07, 6.45) is 5.85. The van der Waals surface area contributed by atoms with Gasteiger partial charge >= 0.3 is 34.2 Å². The summed E-state index contributed by atoms with van der Waals surface area (Å²) in [5.41, 5.74) is 10.3. The smallest absolute Gasteiger partial charge is 0.402 e. The maximum absolute atomic E-state index is 8.08. The van der Waals surface area contributed by atoms with Crippen LogP contribution in [0.15, 0.2) is 152 Å². The number of benzene rings is 7. The van der Waals surface area contributed by atoms with Crippen molar-refractivity contribution in [1.82, 2.24) is 14.1 Å². The van der Waals surface area contributed by atoms with Crippen LogP contribution in [-0.2, 0) is 34.7 Å². The Morgan fingerprint density at radius 3 is 1.33 bits per heavy atom. The molecule has 0 saturated heterocycles. The van der Waals surface area contributed by atoms with Crippen molar-refractivity contribution in [3.05, 3.63) is 176 Å². The van der Waals surface area contributed by atoms with Crippen molar-refractivity contribution in [2.24, 2.45) is 0 Å². The fourth-order valence-electron chi connectivity index (χ4n) is 16.3. The van der Waals surface area contributed by atoms with Gasteiger partial charge in [0.05, 0.1) is 16.7 Å². The first kappa shape index (κ1) is 74.6. The number of rotatable bonds is 7. The Bertz CT molecular complexity index is 4570. The summed E-state index contributed by atoms with van der Waals surface area (Å²) < 4.78 is 60.6. The molecule has 5 heterocycles. The van der Waals surface area contributed by atoms with Crippen LogP contribution in [0.25, 0.3) is 72.3 Å². The van der Waals surface area contributed by atoms with Crippen LogP contribution < -0.4 is 27.0 Å². The molecule has 0 saturated carbocycles. The molecule has 10 aromatic rings. The van der Waals surface area contributed by atoms with E-state index in [9.17, 15) is 0 Å². The SMILES string of the molecule is CC(C)(C)c1ccnc(-n2c3[c-]c(Oc4[c-]c(-n5[c-][n+](-c6c(-c7ccc8c(c7)O[Si](C(C)(C)C)(C(C)(C)C)O[Si](C(C)(C)C)(C(C)(C)C)O8)cccc6-c6ccc7c(c6)O[Si](C(C)(C)C)(C(C)(C)C)O[Si](C(C)(C)C)(C(C)(C)C)O7)c6ccccc65)ccc4)ccc3c3ccccc32)c1.[Pt]. The Morgan fingerprint density at radius 2 is 0.850 bits per heavy atom. The molecule has 16 heteroatoms. The first-order valence-corrected chi connectivity index (χ1v) is 42.6. The summed E-state index contributed by atoms with van der Waals surface area (Å²) >= 11 is 0. The molecule has 7 aromatic carbocycles. The van der Waals surface area contributed by atoms with Gasteiger partial charge in [-0.25, -0.2) is 4.98 Å². The Hall–Kier alpha value is -6.56. The van der Waals surface area contributed by atoms with E-state index in [1.807, 2.05) is 24.4 Å². The third-order valence-electron chi connectivity index (χ3n) is 20.4. The Balaban J connectivity index is 0.0000101. The molecule has 0 aliphatic carbocycles. The standard InChI is InChI=1S/C84H106N4O7Si4.Pt/c1-76(2,3)58-48-49-85-74(52-58)88-66-39-29-28-36-64(66)65-45-44-61(54-69(65)88)89-60-35-32-34-59(53-60)86-55-87(68-41-31-30-40-67(68)86)75-62(56-42-46-70-72(50-56)92-98(81(16,17)18,82(19,20)21)94-96(90-70,77(4,5)6)78(7,8)9)37-33-38-63(75)57-43-47-71-73(51-57)93-99(83(22,23)24,84(25,26)27)95-97(91-71,79(10,11)12)80(13,14)15;/h28-52H,1-27H3;/q-2;. The van der Waals surface area contributed by atoms with Crippen LogP contribution in [0, 0.1) is 18.5 Å². The van der Waals surface area contributed by atoms with Gasteiger partial charge in [-0.1, -0.05) is 265 Å². The molecule has 0 fully saturated rings. The molecule has 532 valence electrons. The first-order valence-electron chi connectivity index (χ1n) is 35.3. The zero-order valence-corrected chi connectivity index (χ0v) is 70.7. The Labute approximate surface area is 615 Å². The number of aromatic nitrogens is 4. The molecule has 0 atom stereocenters. The van der Waals surface area contributed by atoms with E-state index in [0.29, 0.717) is 34.5 Å². The topological polar surface area (TPSA) is 91.2 Å². The molecular weight excluding hydrogens is 1480 g/mol.